The van der Waals surface area contributed by atoms with Crippen LogP contribution in [0, 0.1) is 11.6 Å². The Kier molecular flexibility index (Phi) is 2.53. The van der Waals surface area contributed by atoms with Crippen molar-refractivity contribution in [1.29, 1.82) is 0 Å². The van der Waals surface area contributed by atoms with Crippen molar-refractivity contribution in [3.8, 4) is 11.3 Å². The zero-order valence-corrected chi connectivity index (χ0v) is 8.11. The normalized spacial score (nSPS) is 10.3. The van der Waals surface area contributed by atoms with Crippen molar-refractivity contribution in [2.45, 2.75) is 0 Å². The zero-order valence-electron chi connectivity index (χ0n) is 8.11. The molecule has 0 atom stereocenters. The molecule has 0 aliphatic heterocycles. The second kappa shape index (κ2) is 3.84. The summed E-state index contributed by atoms with van der Waals surface area (Å²) in [5.74, 6) is -1.22. The van der Waals surface area contributed by atoms with Crippen LogP contribution in [-0.4, -0.2) is 29.9 Å². The fourth-order valence-electron chi connectivity index (χ4n) is 1.27. The smallest absolute Gasteiger partial charge is 0.225 e. The Morgan fingerprint density at radius 2 is 2.13 bits per heavy atom. The fraction of sp³-hybridized carbons (Fsp3) is 0. The first-order valence-electron chi connectivity index (χ1n) is 4.56. The van der Waals surface area contributed by atoms with E-state index in [-0.39, 0.29) is 5.56 Å². The number of nitrogens with zero attached hydrogens (tertiary/aromatic N) is 3. The van der Waals surface area contributed by atoms with Crippen LogP contribution in [0.4, 0.5) is 8.78 Å². The second-order valence-corrected chi connectivity index (χ2v) is 3.08. The molecule has 2 aromatic rings. The molecule has 74 valence electrons. The maximum atomic E-state index is 13.3. The van der Waals surface area contributed by atoms with Crippen LogP contribution in [0.15, 0.2) is 24.4 Å². The van der Waals surface area contributed by atoms with E-state index in [0.29, 0.717) is 13.0 Å². The maximum Gasteiger partial charge on any atom is 0.225 e. The molecule has 2 rings (SSSR count). The van der Waals surface area contributed by atoms with E-state index in [9.17, 15) is 8.78 Å². The lowest BCUT2D eigenvalue weighted by Gasteiger charge is -1.97. The molecule has 0 unspecified atom stereocenters. The number of hydrogen-bond donors (Lipinski definition) is 0. The highest BCUT2D eigenvalue weighted by Gasteiger charge is 2.09. The zero-order chi connectivity index (χ0) is 10.8. The van der Waals surface area contributed by atoms with Crippen molar-refractivity contribution in [2.75, 3.05) is 0 Å². The van der Waals surface area contributed by atoms with Gasteiger partial charge in [0, 0.05) is 17.8 Å². The monoisotopic (exact) mass is 205 g/mol. The quantitative estimate of drug-likeness (QED) is 0.644. The van der Waals surface area contributed by atoms with Gasteiger partial charge in [-0.3, -0.25) is 0 Å². The number of benzene rings is 1. The van der Waals surface area contributed by atoms with E-state index in [1.54, 1.807) is 10.8 Å². The van der Waals surface area contributed by atoms with Crippen LogP contribution in [0.25, 0.3) is 11.3 Å². The lowest BCUT2D eigenvalue weighted by Crippen LogP contribution is -2.05. The molecule has 0 fully saturated rings. The number of aromatic nitrogens is 3. The van der Waals surface area contributed by atoms with Gasteiger partial charge in [-0.1, -0.05) is 5.21 Å². The minimum Gasteiger partial charge on any atom is -0.311 e. The van der Waals surface area contributed by atoms with Gasteiger partial charge >= 0.3 is 0 Å². The van der Waals surface area contributed by atoms with Gasteiger partial charge in [0.2, 0.25) is 7.31 Å². The SMILES string of the molecule is BBn1cc(-c2ccc(F)cc2F)nn1. The molecule has 1 aromatic heterocycles. The Labute approximate surface area is 86.8 Å². The highest BCUT2D eigenvalue weighted by atomic mass is 19.1. The van der Waals surface area contributed by atoms with Crippen LogP contribution >= 0.6 is 0 Å². The third-order valence-electron chi connectivity index (χ3n) is 2.07. The minimum absolute atomic E-state index is 0.260. The molecule has 15 heavy (non-hydrogen) atoms. The molecule has 1 heterocycles. The number of hydrogen-bond acceptors (Lipinski definition) is 2. The predicted molar refractivity (Wildman–Crippen MR) is 56.5 cm³/mol. The summed E-state index contributed by atoms with van der Waals surface area (Å²) in [6, 6.07) is 3.39. The molecule has 0 aliphatic rings. The van der Waals surface area contributed by atoms with E-state index < -0.39 is 11.6 Å². The molecule has 0 N–H and O–H groups in total. The second-order valence-electron chi connectivity index (χ2n) is 3.08. The lowest BCUT2D eigenvalue weighted by molar-refractivity contribution is 0.585. The molecule has 0 radical (unpaired) electrons. The van der Waals surface area contributed by atoms with Gasteiger partial charge in [0.25, 0.3) is 0 Å². The van der Waals surface area contributed by atoms with Crippen LogP contribution in [0.2, 0.25) is 0 Å². The predicted octanol–water partition coefficient (Wildman–Crippen LogP) is -0.0290. The molecule has 7 heteroatoms. The van der Waals surface area contributed by atoms with Gasteiger partial charge in [-0.15, -0.1) is 5.10 Å². The van der Waals surface area contributed by atoms with Crippen molar-refractivity contribution in [1.82, 2.24) is 14.9 Å². The van der Waals surface area contributed by atoms with Gasteiger partial charge in [0.15, 0.2) is 0 Å². The summed E-state index contributed by atoms with van der Waals surface area (Å²) in [5.41, 5.74) is 0.672. The standard InChI is InChI=1S/C8H7B2F2N3/c9-10-15-4-8(13-14-15)6-2-1-5(11)3-7(6)12/h1-4,10H,9H2. The molecular formula is C8H7B2F2N3. The Bertz CT molecular complexity index is 486. The summed E-state index contributed by atoms with van der Waals surface area (Å²) in [6.07, 6.45) is 1.62. The summed E-state index contributed by atoms with van der Waals surface area (Å²) >= 11 is 0. The van der Waals surface area contributed by atoms with E-state index in [0.717, 1.165) is 6.07 Å². The van der Waals surface area contributed by atoms with E-state index in [1.165, 1.54) is 12.1 Å². The van der Waals surface area contributed by atoms with Gasteiger partial charge in [0.1, 0.15) is 17.3 Å². The van der Waals surface area contributed by atoms with Crippen molar-refractivity contribution < 1.29 is 8.78 Å². The van der Waals surface area contributed by atoms with E-state index >= 15 is 0 Å². The summed E-state index contributed by atoms with van der Waals surface area (Å²) < 4.78 is 27.6. The molecule has 0 saturated heterocycles. The van der Waals surface area contributed by atoms with Crippen LogP contribution in [0.5, 0.6) is 0 Å². The summed E-state index contributed by atoms with van der Waals surface area (Å²) in [4.78, 5) is 0. The average Bonchev–Trinajstić information content (AvgIpc) is 2.66. The Morgan fingerprint density at radius 3 is 2.73 bits per heavy atom. The summed E-state index contributed by atoms with van der Waals surface area (Å²) in [6.45, 7) is 0. The maximum absolute atomic E-state index is 13.3. The van der Waals surface area contributed by atoms with E-state index in [4.69, 9.17) is 0 Å². The summed E-state index contributed by atoms with van der Waals surface area (Å²) in [7, 11) is 2.56. The fourth-order valence-corrected chi connectivity index (χ4v) is 1.27. The Hall–Kier alpha value is -1.65. The van der Waals surface area contributed by atoms with Crippen molar-refractivity contribution >= 4 is 15.0 Å². The van der Waals surface area contributed by atoms with Gasteiger partial charge in [0.05, 0.1) is 7.74 Å². The Morgan fingerprint density at radius 1 is 1.33 bits per heavy atom. The lowest BCUT2D eigenvalue weighted by atomic mass is 9.67. The first-order valence-corrected chi connectivity index (χ1v) is 4.56. The Balaban J connectivity index is 2.44. The molecule has 1 aromatic carbocycles. The molecule has 0 bridgehead atoms. The van der Waals surface area contributed by atoms with Crippen molar-refractivity contribution in [2.24, 2.45) is 0 Å². The number of rotatable bonds is 2. The van der Waals surface area contributed by atoms with Gasteiger partial charge in [-0.25, -0.2) is 8.78 Å². The average molecular weight is 205 g/mol. The minimum atomic E-state index is -0.627. The molecule has 3 nitrogen and oxygen atoms in total. The van der Waals surface area contributed by atoms with Crippen molar-refractivity contribution in [3.63, 3.8) is 0 Å². The number of halogens is 2. The molecule has 0 amide bonds. The van der Waals surface area contributed by atoms with E-state index in [1.807, 2.05) is 7.74 Å². The van der Waals surface area contributed by atoms with Gasteiger partial charge < -0.3 is 4.59 Å². The first-order chi connectivity index (χ1) is 7.20. The third kappa shape index (κ3) is 1.91. The van der Waals surface area contributed by atoms with Crippen molar-refractivity contribution in [3.05, 3.63) is 36.0 Å². The van der Waals surface area contributed by atoms with Crippen LogP contribution in [0.1, 0.15) is 0 Å². The first kappa shape index (κ1) is 9.89. The van der Waals surface area contributed by atoms with Crippen LogP contribution in [-0.2, 0) is 0 Å². The molecule has 0 spiro atoms. The van der Waals surface area contributed by atoms with Crippen LogP contribution < -0.4 is 0 Å². The topological polar surface area (TPSA) is 30.7 Å². The van der Waals surface area contributed by atoms with Gasteiger partial charge in [-0.2, -0.15) is 0 Å². The molecular weight excluding hydrogens is 198 g/mol. The largest absolute Gasteiger partial charge is 0.311 e. The van der Waals surface area contributed by atoms with E-state index in [2.05, 4.69) is 10.3 Å². The van der Waals surface area contributed by atoms with Gasteiger partial charge in [-0.05, 0) is 12.1 Å². The third-order valence-corrected chi connectivity index (χ3v) is 2.07. The highest BCUT2D eigenvalue weighted by molar-refractivity contribution is 6.88. The van der Waals surface area contributed by atoms with Crippen LogP contribution in [0.3, 0.4) is 0 Å². The molecule has 0 aliphatic carbocycles. The summed E-state index contributed by atoms with van der Waals surface area (Å²) in [5, 5.41) is 7.58. The molecule has 0 saturated carbocycles. The highest BCUT2D eigenvalue weighted by Crippen LogP contribution is 2.20.